The maximum absolute atomic E-state index is 4.85. The Labute approximate surface area is 110 Å². The Hall–Kier alpha value is -1.80. The van der Waals surface area contributed by atoms with Crippen LogP contribution in [0.15, 0.2) is 81.1 Å². The van der Waals surface area contributed by atoms with E-state index in [1.807, 2.05) is 17.8 Å². The molecular formula is C16H11NS. The van der Waals surface area contributed by atoms with Gasteiger partial charge in [-0.2, -0.15) is 0 Å². The molecule has 1 unspecified atom stereocenters. The van der Waals surface area contributed by atoms with E-state index in [1.165, 1.54) is 21.1 Å². The molecule has 0 N–H and O–H groups in total. The lowest BCUT2D eigenvalue weighted by Crippen LogP contribution is -2.20. The van der Waals surface area contributed by atoms with Crippen LogP contribution in [0.3, 0.4) is 0 Å². The summed E-state index contributed by atoms with van der Waals surface area (Å²) in [5.41, 5.74) is 3.62. The van der Waals surface area contributed by atoms with Crippen molar-refractivity contribution in [2.24, 2.45) is 10.9 Å². The summed E-state index contributed by atoms with van der Waals surface area (Å²) in [6.45, 7) is 0. The fraction of sp³-hybridized carbons (Fsp3) is 0.0625. The topological polar surface area (TPSA) is 12.4 Å². The number of hydrogen-bond donors (Lipinski definition) is 0. The maximum atomic E-state index is 4.85. The van der Waals surface area contributed by atoms with Gasteiger partial charge in [0.15, 0.2) is 0 Å². The smallest absolute Gasteiger partial charge is 0.0773 e. The molecule has 1 aliphatic heterocycles. The third-order valence-electron chi connectivity index (χ3n) is 3.36. The Morgan fingerprint density at radius 1 is 1.06 bits per heavy atom. The summed E-state index contributed by atoms with van der Waals surface area (Å²) in [5, 5.41) is 0. The quantitative estimate of drug-likeness (QED) is 0.662. The molecule has 0 radical (unpaired) electrons. The molecule has 1 atom stereocenters. The van der Waals surface area contributed by atoms with Crippen molar-refractivity contribution in [2.75, 3.05) is 0 Å². The van der Waals surface area contributed by atoms with E-state index in [0.29, 0.717) is 5.92 Å². The summed E-state index contributed by atoms with van der Waals surface area (Å²) in [7, 11) is 0. The minimum atomic E-state index is 0.329. The van der Waals surface area contributed by atoms with Crippen molar-refractivity contribution in [3.8, 4) is 0 Å². The standard InChI is InChI=1S/C16H11NS/c1-2-6-12-11(5-1)9-10-15-16(12)17-13-7-3-4-8-14(13)18-15/h1-10,12H. The molecule has 2 aliphatic carbocycles. The second-order valence-electron chi connectivity index (χ2n) is 4.49. The summed E-state index contributed by atoms with van der Waals surface area (Å²) < 4.78 is 0. The number of nitrogens with zero attached hydrogens (tertiary/aromatic N) is 1. The number of aliphatic imine (C=N–C) groups is 1. The summed E-state index contributed by atoms with van der Waals surface area (Å²) in [6.07, 6.45) is 13.0. The van der Waals surface area contributed by atoms with Gasteiger partial charge >= 0.3 is 0 Å². The second-order valence-corrected chi connectivity index (χ2v) is 5.57. The molecule has 1 aromatic carbocycles. The molecule has 0 amide bonds. The van der Waals surface area contributed by atoms with Crippen LogP contribution >= 0.6 is 11.8 Å². The van der Waals surface area contributed by atoms with E-state index >= 15 is 0 Å². The van der Waals surface area contributed by atoms with Crippen LogP contribution in [0.25, 0.3) is 0 Å². The van der Waals surface area contributed by atoms with Crippen molar-refractivity contribution in [3.63, 3.8) is 0 Å². The minimum absolute atomic E-state index is 0.329. The molecule has 1 heterocycles. The number of benzene rings is 1. The van der Waals surface area contributed by atoms with Gasteiger partial charge in [0.2, 0.25) is 0 Å². The van der Waals surface area contributed by atoms with Crippen molar-refractivity contribution >= 4 is 23.2 Å². The maximum Gasteiger partial charge on any atom is 0.0773 e. The van der Waals surface area contributed by atoms with Crippen LogP contribution in [0.1, 0.15) is 0 Å². The molecule has 0 bridgehead atoms. The molecular weight excluding hydrogens is 238 g/mol. The largest absolute Gasteiger partial charge is 0.250 e. The first-order valence-electron chi connectivity index (χ1n) is 6.04. The highest BCUT2D eigenvalue weighted by Crippen LogP contribution is 2.44. The molecule has 2 heteroatoms. The molecule has 4 rings (SSSR count). The first-order chi connectivity index (χ1) is 8.92. The zero-order valence-electron chi connectivity index (χ0n) is 9.71. The Bertz CT molecular complexity index is 674. The molecule has 18 heavy (non-hydrogen) atoms. The van der Waals surface area contributed by atoms with Crippen LogP contribution in [-0.4, -0.2) is 5.71 Å². The second kappa shape index (κ2) is 3.85. The van der Waals surface area contributed by atoms with E-state index in [4.69, 9.17) is 4.99 Å². The summed E-state index contributed by atoms with van der Waals surface area (Å²) in [4.78, 5) is 7.38. The van der Waals surface area contributed by atoms with Crippen molar-refractivity contribution in [3.05, 3.63) is 71.2 Å². The summed E-state index contributed by atoms with van der Waals surface area (Å²) in [6, 6.07) is 8.35. The van der Waals surface area contributed by atoms with Gasteiger partial charge in [-0.05, 0) is 23.8 Å². The molecule has 0 spiro atoms. The summed E-state index contributed by atoms with van der Waals surface area (Å²) in [5.74, 6) is 0.329. The van der Waals surface area contributed by atoms with Gasteiger partial charge in [0, 0.05) is 15.7 Å². The van der Waals surface area contributed by atoms with Gasteiger partial charge in [0.05, 0.1) is 11.4 Å². The van der Waals surface area contributed by atoms with Crippen molar-refractivity contribution < 1.29 is 0 Å². The van der Waals surface area contributed by atoms with E-state index in [-0.39, 0.29) is 0 Å². The molecule has 0 fully saturated rings. The molecule has 3 aliphatic rings. The molecule has 86 valence electrons. The van der Waals surface area contributed by atoms with E-state index in [2.05, 4.69) is 54.7 Å². The third-order valence-corrected chi connectivity index (χ3v) is 4.49. The lowest BCUT2D eigenvalue weighted by molar-refractivity contribution is 1.04. The SMILES string of the molecule is C1=CC2=CC=C3Sc4ccccc4N=C3C2C=C1. The molecule has 0 saturated carbocycles. The Kier molecular flexibility index (Phi) is 2.17. The van der Waals surface area contributed by atoms with Crippen molar-refractivity contribution in [1.82, 2.24) is 0 Å². The van der Waals surface area contributed by atoms with Crippen molar-refractivity contribution in [2.45, 2.75) is 4.90 Å². The average Bonchev–Trinajstić information content (AvgIpc) is 2.45. The highest BCUT2D eigenvalue weighted by Gasteiger charge is 2.28. The van der Waals surface area contributed by atoms with Gasteiger partial charge in [-0.15, -0.1) is 0 Å². The first-order valence-corrected chi connectivity index (χ1v) is 6.86. The fourth-order valence-electron chi connectivity index (χ4n) is 2.47. The van der Waals surface area contributed by atoms with Crippen molar-refractivity contribution in [1.29, 1.82) is 0 Å². The fourth-order valence-corrected chi connectivity index (χ4v) is 3.49. The number of allylic oxidation sites excluding steroid dienone is 8. The van der Waals surface area contributed by atoms with E-state index in [0.717, 1.165) is 5.69 Å². The molecule has 1 aromatic rings. The van der Waals surface area contributed by atoms with E-state index < -0.39 is 0 Å². The number of fused-ring (bicyclic) bond motifs is 4. The van der Waals surface area contributed by atoms with Gasteiger partial charge in [-0.1, -0.05) is 54.3 Å². The predicted octanol–water partition coefficient (Wildman–Crippen LogP) is 4.43. The van der Waals surface area contributed by atoms with Crippen LogP contribution in [0.5, 0.6) is 0 Å². The number of thioether (sulfide) groups is 1. The molecule has 1 nitrogen and oxygen atoms in total. The van der Waals surface area contributed by atoms with Gasteiger partial charge in [0.25, 0.3) is 0 Å². The third kappa shape index (κ3) is 1.46. The Balaban J connectivity index is 1.89. The number of para-hydroxylation sites is 1. The van der Waals surface area contributed by atoms with Gasteiger partial charge in [-0.3, -0.25) is 4.99 Å². The molecule has 0 saturated heterocycles. The summed E-state index contributed by atoms with van der Waals surface area (Å²) >= 11 is 1.82. The van der Waals surface area contributed by atoms with E-state index in [9.17, 15) is 0 Å². The van der Waals surface area contributed by atoms with Crippen LogP contribution < -0.4 is 0 Å². The highest BCUT2D eigenvalue weighted by atomic mass is 32.2. The first kappa shape index (κ1) is 10.2. The minimum Gasteiger partial charge on any atom is -0.250 e. The monoisotopic (exact) mass is 249 g/mol. The van der Waals surface area contributed by atoms with Crippen LogP contribution in [-0.2, 0) is 0 Å². The Morgan fingerprint density at radius 2 is 2.00 bits per heavy atom. The zero-order valence-corrected chi connectivity index (χ0v) is 10.5. The lowest BCUT2D eigenvalue weighted by Gasteiger charge is -2.27. The average molecular weight is 249 g/mol. The van der Waals surface area contributed by atoms with Gasteiger partial charge in [0.1, 0.15) is 0 Å². The van der Waals surface area contributed by atoms with Crippen LogP contribution in [0, 0.1) is 5.92 Å². The van der Waals surface area contributed by atoms with Crippen LogP contribution in [0.2, 0.25) is 0 Å². The number of hydrogen-bond acceptors (Lipinski definition) is 2. The Morgan fingerprint density at radius 3 is 3.00 bits per heavy atom. The van der Waals surface area contributed by atoms with E-state index in [1.54, 1.807) is 0 Å². The van der Waals surface area contributed by atoms with Crippen LogP contribution in [0.4, 0.5) is 5.69 Å². The predicted molar refractivity (Wildman–Crippen MR) is 77.3 cm³/mol. The van der Waals surface area contributed by atoms with Gasteiger partial charge in [-0.25, -0.2) is 0 Å². The zero-order chi connectivity index (χ0) is 11.9. The lowest BCUT2D eigenvalue weighted by atomic mass is 9.86. The normalized spacial score (nSPS) is 23.3. The number of rotatable bonds is 0. The molecule has 0 aromatic heterocycles. The van der Waals surface area contributed by atoms with Gasteiger partial charge < -0.3 is 0 Å². The highest BCUT2D eigenvalue weighted by molar-refractivity contribution is 8.04.